The van der Waals surface area contributed by atoms with Gasteiger partial charge in [0.25, 0.3) is 0 Å². The van der Waals surface area contributed by atoms with Crippen LogP contribution in [0.25, 0.3) is 0 Å². The van der Waals surface area contributed by atoms with Crippen LogP contribution < -0.4 is 5.32 Å². The van der Waals surface area contributed by atoms with Crippen molar-refractivity contribution < 1.29 is 0 Å². The van der Waals surface area contributed by atoms with Crippen LogP contribution in [-0.4, -0.2) is 12.6 Å². The normalized spacial score (nSPS) is 28.6. The van der Waals surface area contributed by atoms with Crippen LogP contribution in [-0.2, 0) is 0 Å². The quantitative estimate of drug-likeness (QED) is 0.781. The van der Waals surface area contributed by atoms with E-state index >= 15 is 0 Å². The fourth-order valence-electron chi connectivity index (χ4n) is 2.09. The van der Waals surface area contributed by atoms with Gasteiger partial charge in [0.05, 0.1) is 5.54 Å². The Morgan fingerprint density at radius 2 is 1.37 bits per heavy atom. The molecule has 1 N–H and O–H groups in total. The summed E-state index contributed by atoms with van der Waals surface area (Å²) in [5.74, 6) is 0. The van der Waals surface area contributed by atoms with Gasteiger partial charge in [-0.1, -0.05) is 74.6 Å². The predicted octanol–water partition coefficient (Wildman–Crippen LogP) is 4.10. The van der Waals surface area contributed by atoms with Crippen LogP contribution in [0.5, 0.6) is 0 Å². The van der Waals surface area contributed by atoms with E-state index in [4.69, 9.17) is 0 Å². The molecule has 2 aliphatic carbocycles. The Bertz CT molecular complexity index is 524. The Morgan fingerprint density at radius 1 is 0.789 bits per heavy atom. The van der Waals surface area contributed by atoms with Gasteiger partial charge in [0, 0.05) is 5.41 Å². The molecule has 0 radical (unpaired) electrons. The van der Waals surface area contributed by atoms with Crippen LogP contribution in [0.3, 0.4) is 0 Å². The van der Waals surface area contributed by atoms with E-state index in [0.717, 1.165) is 0 Å². The van der Waals surface area contributed by atoms with Gasteiger partial charge in [-0.05, 0) is 25.1 Å². The van der Waals surface area contributed by atoms with Crippen molar-refractivity contribution in [3.05, 3.63) is 71.9 Å². The Morgan fingerprint density at radius 3 is 2.00 bits per heavy atom. The minimum Gasteiger partial charge on any atom is -0.308 e. The molecule has 0 aromatic carbocycles. The lowest BCUT2D eigenvalue weighted by Gasteiger charge is -2.20. The molecule has 2 aliphatic rings. The Balaban J connectivity index is 2.28. The summed E-state index contributed by atoms with van der Waals surface area (Å²) >= 11 is 0. The fraction of sp³-hybridized carbons (Fsp3) is 0.333. The van der Waals surface area contributed by atoms with Crippen LogP contribution in [0.15, 0.2) is 71.9 Å². The zero-order valence-electron chi connectivity index (χ0n) is 12.3. The maximum atomic E-state index is 3.31. The lowest BCUT2D eigenvalue weighted by atomic mass is 9.92. The molecule has 1 unspecified atom stereocenters. The van der Waals surface area contributed by atoms with E-state index in [2.05, 4.69) is 86.8 Å². The van der Waals surface area contributed by atoms with Crippen LogP contribution in [0, 0.1) is 5.41 Å². The lowest BCUT2D eigenvalue weighted by molar-refractivity contribution is 0.589. The van der Waals surface area contributed by atoms with Crippen LogP contribution >= 0.6 is 0 Å². The predicted molar refractivity (Wildman–Crippen MR) is 84.0 cm³/mol. The van der Waals surface area contributed by atoms with Crippen molar-refractivity contribution >= 4 is 0 Å². The topological polar surface area (TPSA) is 12.0 Å². The summed E-state index contributed by atoms with van der Waals surface area (Å²) in [6, 6.07) is 0. The summed E-state index contributed by atoms with van der Waals surface area (Å²) < 4.78 is 0. The van der Waals surface area contributed by atoms with Gasteiger partial charge in [-0.3, -0.25) is 0 Å². The largest absolute Gasteiger partial charge is 0.308 e. The molecule has 1 nitrogen and oxygen atoms in total. The molecule has 0 fully saturated rings. The van der Waals surface area contributed by atoms with Crippen LogP contribution in [0.4, 0.5) is 0 Å². The first-order chi connectivity index (χ1) is 8.94. The molecule has 0 saturated heterocycles. The summed E-state index contributed by atoms with van der Waals surface area (Å²) in [5.41, 5.74) is 2.56. The van der Waals surface area contributed by atoms with Gasteiger partial charge in [-0.15, -0.1) is 0 Å². The molecule has 0 saturated carbocycles. The highest BCUT2D eigenvalue weighted by atomic mass is 14.9. The van der Waals surface area contributed by atoms with Gasteiger partial charge in [-0.2, -0.15) is 0 Å². The zero-order chi connectivity index (χ0) is 13.9. The van der Waals surface area contributed by atoms with Crippen molar-refractivity contribution in [3.63, 3.8) is 0 Å². The molecule has 100 valence electrons. The Labute approximate surface area is 116 Å². The molecule has 0 aromatic heterocycles. The van der Waals surface area contributed by atoms with E-state index in [9.17, 15) is 0 Å². The average Bonchev–Trinajstić information content (AvgIpc) is 2.66. The summed E-state index contributed by atoms with van der Waals surface area (Å²) in [7, 11) is 1.98. The van der Waals surface area contributed by atoms with E-state index in [1.165, 1.54) is 11.1 Å². The van der Waals surface area contributed by atoms with Crippen molar-refractivity contribution in [1.82, 2.24) is 5.32 Å². The van der Waals surface area contributed by atoms with Crippen molar-refractivity contribution in [1.29, 1.82) is 0 Å². The first kappa shape index (κ1) is 13.8. The zero-order valence-corrected chi connectivity index (χ0v) is 12.3. The lowest BCUT2D eigenvalue weighted by Crippen LogP contribution is -2.34. The minimum atomic E-state index is -0.0671. The molecule has 1 atom stereocenters. The molecule has 0 aromatic rings. The number of likely N-dealkylation sites (N-methyl/N-ethyl adjacent to an activating group) is 1. The first-order valence-electron chi connectivity index (χ1n) is 6.81. The molecular weight excluding hydrogens is 230 g/mol. The number of hydrogen-bond donors (Lipinski definition) is 1. The van der Waals surface area contributed by atoms with Crippen LogP contribution in [0.1, 0.15) is 20.8 Å². The molecular formula is C18H23N. The maximum absolute atomic E-state index is 3.31. The van der Waals surface area contributed by atoms with Gasteiger partial charge < -0.3 is 5.32 Å². The highest BCUT2D eigenvalue weighted by molar-refractivity contribution is 5.53. The number of allylic oxidation sites excluding steroid dienone is 10. The van der Waals surface area contributed by atoms with E-state index in [1.807, 2.05) is 7.05 Å². The molecule has 0 amide bonds. The number of hydrogen-bond acceptors (Lipinski definition) is 1. The highest BCUT2D eigenvalue weighted by Gasteiger charge is 2.16. The smallest absolute Gasteiger partial charge is 0.0525 e. The van der Waals surface area contributed by atoms with E-state index < -0.39 is 0 Å². The molecule has 0 spiro atoms. The Kier molecular flexibility index (Phi) is 3.77. The van der Waals surface area contributed by atoms with E-state index in [0.29, 0.717) is 0 Å². The van der Waals surface area contributed by atoms with E-state index in [1.54, 1.807) is 0 Å². The standard InChI is InChI=1S/C18H23N/c1-17(2)11-5-7-15(9-13-17)16-8-6-12-18(3,19-4)14-10-16/h5-14,19H,1-4H3. The first-order valence-corrected chi connectivity index (χ1v) is 6.81. The van der Waals surface area contributed by atoms with Gasteiger partial charge >= 0.3 is 0 Å². The second-order valence-corrected chi connectivity index (χ2v) is 5.98. The van der Waals surface area contributed by atoms with Crippen molar-refractivity contribution in [2.75, 3.05) is 7.05 Å². The third-order valence-corrected chi connectivity index (χ3v) is 3.69. The monoisotopic (exact) mass is 253 g/mol. The minimum absolute atomic E-state index is 0.0671. The number of rotatable bonds is 2. The molecule has 1 heteroatoms. The summed E-state index contributed by atoms with van der Waals surface area (Å²) in [6.07, 6.45) is 21.9. The van der Waals surface area contributed by atoms with Crippen molar-refractivity contribution in [2.24, 2.45) is 5.41 Å². The molecule has 19 heavy (non-hydrogen) atoms. The summed E-state index contributed by atoms with van der Waals surface area (Å²) in [5, 5.41) is 3.31. The Hall–Kier alpha value is -1.60. The van der Waals surface area contributed by atoms with E-state index in [-0.39, 0.29) is 11.0 Å². The van der Waals surface area contributed by atoms with Gasteiger partial charge in [0.1, 0.15) is 0 Å². The fourth-order valence-corrected chi connectivity index (χ4v) is 2.09. The third kappa shape index (κ3) is 3.45. The summed E-state index contributed by atoms with van der Waals surface area (Å²) in [4.78, 5) is 0. The third-order valence-electron chi connectivity index (χ3n) is 3.69. The highest BCUT2D eigenvalue weighted by Crippen LogP contribution is 2.27. The van der Waals surface area contributed by atoms with Gasteiger partial charge in [0.2, 0.25) is 0 Å². The molecule has 2 rings (SSSR count). The van der Waals surface area contributed by atoms with Gasteiger partial charge in [-0.25, -0.2) is 0 Å². The molecule has 0 heterocycles. The second kappa shape index (κ2) is 5.18. The second-order valence-electron chi connectivity index (χ2n) is 5.98. The van der Waals surface area contributed by atoms with Crippen LogP contribution in [0.2, 0.25) is 0 Å². The average molecular weight is 253 g/mol. The summed E-state index contributed by atoms with van der Waals surface area (Å²) in [6.45, 7) is 6.59. The number of nitrogens with one attached hydrogen (secondary N) is 1. The van der Waals surface area contributed by atoms with Gasteiger partial charge in [0.15, 0.2) is 0 Å². The van der Waals surface area contributed by atoms with Crippen molar-refractivity contribution in [3.8, 4) is 0 Å². The SMILES string of the molecule is CNC1(C)C=CC=C(C2=CC=CC(C)(C)C=C2)C=C1. The molecule has 0 bridgehead atoms. The maximum Gasteiger partial charge on any atom is 0.0525 e. The molecule has 0 aliphatic heterocycles. The van der Waals surface area contributed by atoms with Crippen molar-refractivity contribution in [2.45, 2.75) is 26.3 Å².